The number of hydrogen-bond acceptors (Lipinski definition) is 4. The van der Waals surface area contributed by atoms with Crippen molar-refractivity contribution in [2.75, 3.05) is 6.61 Å². The van der Waals surface area contributed by atoms with Crippen molar-refractivity contribution < 1.29 is 17.9 Å². The Labute approximate surface area is 148 Å². The zero-order chi connectivity index (χ0) is 17.6. The fraction of sp³-hybridized carbons (Fsp3) is 0.611. The van der Waals surface area contributed by atoms with Gasteiger partial charge in [0.15, 0.2) is 0 Å². The minimum atomic E-state index is -3.74. The van der Waals surface area contributed by atoms with E-state index < -0.39 is 10.0 Å². The molecule has 0 radical (unpaired) electrons. The molecule has 25 heavy (non-hydrogen) atoms. The molecule has 1 aromatic carbocycles. The van der Waals surface area contributed by atoms with Crippen molar-refractivity contribution in [1.29, 1.82) is 0 Å². The van der Waals surface area contributed by atoms with Crippen molar-refractivity contribution in [3.05, 3.63) is 29.8 Å². The van der Waals surface area contributed by atoms with Crippen LogP contribution in [0.1, 0.15) is 42.5 Å². The number of benzene rings is 1. The van der Waals surface area contributed by atoms with E-state index in [1.54, 1.807) is 0 Å². The molecule has 7 heteroatoms. The summed E-state index contributed by atoms with van der Waals surface area (Å²) in [6.45, 7) is 0.786. The molecule has 3 aliphatic rings. The topological polar surface area (TPSA) is 98.5 Å². The summed E-state index contributed by atoms with van der Waals surface area (Å²) < 4.78 is 28.6. The van der Waals surface area contributed by atoms with Gasteiger partial charge in [0.1, 0.15) is 0 Å². The summed E-state index contributed by atoms with van der Waals surface area (Å²) in [5, 5.41) is 8.29. The number of rotatable bonds is 4. The number of nitrogens with two attached hydrogens (primary N) is 1. The Hall–Kier alpha value is -1.44. The van der Waals surface area contributed by atoms with Crippen LogP contribution in [-0.2, 0) is 14.8 Å². The number of carbonyl (C=O) groups is 1. The normalized spacial score (nSPS) is 32.2. The van der Waals surface area contributed by atoms with E-state index in [9.17, 15) is 13.2 Å². The molecule has 1 aliphatic heterocycles. The van der Waals surface area contributed by atoms with Crippen molar-refractivity contribution in [2.24, 2.45) is 22.9 Å². The Bertz CT molecular complexity index is 751. The third kappa shape index (κ3) is 3.09. The standard InChI is InChI=1S/C18H24N2O4S/c19-25(22,23)13-7-5-12(6-8-13)18(21)20-16-14-9-10-24-17(14)15(16)11-3-1-2-4-11/h5-8,11,14-17H,1-4,9-10H2,(H,20,21)(H2,19,22,23)/t14-,15+,16-,17-/m0/s1. The van der Waals surface area contributed by atoms with Crippen LogP contribution in [0.5, 0.6) is 0 Å². The van der Waals surface area contributed by atoms with E-state index in [0.717, 1.165) is 13.0 Å². The summed E-state index contributed by atoms with van der Waals surface area (Å²) in [6.07, 6.45) is 6.31. The highest BCUT2D eigenvalue weighted by Gasteiger charge is 2.57. The van der Waals surface area contributed by atoms with Gasteiger partial charge in [-0.15, -0.1) is 0 Å². The van der Waals surface area contributed by atoms with E-state index in [0.29, 0.717) is 29.4 Å². The SMILES string of the molecule is NS(=O)(=O)c1ccc(C(=O)N[C@H]2[C@@H]3CCO[C@@H]3[C@@H]2C2CCCC2)cc1. The quantitative estimate of drug-likeness (QED) is 0.849. The number of fused-ring (bicyclic) bond motifs is 1. The second-order valence-electron chi connectivity index (χ2n) is 7.48. The van der Waals surface area contributed by atoms with Crippen LogP contribution in [0.2, 0.25) is 0 Å². The highest BCUT2D eigenvalue weighted by Crippen LogP contribution is 2.51. The fourth-order valence-corrected chi connectivity index (χ4v) is 5.41. The molecule has 0 unspecified atom stereocenters. The van der Waals surface area contributed by atoms with Gasteiger partial charge in [0.25, 0.3) is 5.91 Å². The van der Waals surface area contributed by atoms with E-state index in [4.69, 9.17) is 9.88 Å². The van der Waals surface area contributed by atoms with E-state index >= 15 is 0 Å². The molecule has 1 amide bonds. The molecule has 2 aliphatic carbocycles. The predicted octanol–water partition coefficient (Wildman–Crippen LogP) is 1.66. The van der Waals surface area contributed by atoms with Gasteiger partial charge in [0.05, 0.1) is 11.0 Å². The molecule has 4 atom stereocenters. The summed E-state index contributed by atoms with van der Waals surface area (Å²) in [4.78, 5) is 12.6. The number of nitrogens with one attached hydrogen (secondary N) is 1. The Morgan fingerprint density at radius 2 is 1.80 bits per heavy atom. The molecule has 0 spiro atoms. The second-order valence-corrected chi connectivity index (χ2v) is 9.04. The van der Waals surface area contributed by atoms with Gasteiger partial charge in [-0.3, -0.25) is 4.79 Å². The lowest BCUT2D eigenvalue weighted by molar-refractivity contribution is -0.0784. The van der Waals surface area contributed by atoms with Gasteiger partial charge in [-0.05, 0) is 36.6 Å². The lowest BCUT2D eigenvalue weighted by Gasteiger charge is -2.50. The van der Waals surface area contributed by atoms with Gasteiger partial charge in [-0.1, -0.05) is 25.7 Å². The summed E-state index contributed by atoms with van der Waals surface area (Å²) >= 11 is 0. The number of carbonyl (C=O) groups excluding carboxylic acids is 1. The summed E-state index contributed by atoms with van der Waals surface area (Å²) in [5.74, 6) is 1.33. The molecule has 0 bridgehead atoms. The highest BCUT2D eigenvalue weighted by atomic mass is 32.2. The molecule has 136 valence electrons. The van der Waals surface area contributed by atoms with Crippen molar-refractivity contribution >= 4 is 15.9 Å². The van der Waals surface area contributed by atoms with Gasteiger partial charge in [-0.25, -0.2) is 13.6 Å². The second kappa shape index (κ2) is 6.37. The number of sulfonamides is 1. The van der Waals surface area contributed by atoms with Gasteiger partial charge in [-0.2, -0.15) is 0 Å². The van der Waals surface area contributed by atoms with Crippen molar-refractivity contribution in [2.45, 2.75) is 49.1 Å². The molecule has 6 nitrogen and oxygen atoms in total. The van der Waals surface area contributed by atoms with Crippen molar-refractivity contribution in [1.82, 2.24) is 5.32 Å². The molecular weight excluding hydrogens is 340 g/mol. The van der Waals surface area contributed by atoms with Gasteiger partial charge in [0, 0.05) is 30.0 Å². The molecule has 2 saturated carbocycles. The maximum atomic E-state index is 12.6. The molecular formula is C18H24N2O4S. The maximum absolute atomic E-state index is 12.6. The first kappa shape index (κ1) is 17.0. The van der Waals surface area contributed by atoms with Crippen LogP contribution in [0.3, 0.4) is 0 Å². The maximum Gasteiger partial charge on any atom is 0.251 e. The number of ether oxygens (including phenoxy) is 1. The minimum Gasteiger partial charge on any atom is -0.377 e. The largest absolute Gasteiger partial charge is 0.377 e. The molecule has 1 saturated heterocycles. The fourth-order valence-electron chi connectivity index (χ4n) is 4.89. The molecule has 0 aromatic heterocycles. The van der Waals surface area contributed by atoms with Crippen LogP contribution >= 0.6 is 0 Å². The third-order valence-corrected chi connectivity index (χ3v) is 7.05. The van der Waals surface area contributed by atoms with Crippen molar-refractivity contribution in [3.63, 3.8) is 0 Å². The summed E-state index contributed by atoms with van der Waals surface area (Å²) in [7, 11) is -3.74. The Balaban J connectivity index is 1.47. The van der Waals surface area contributed by atoms with Crippen molar-refractivity contribution in [3.8, 4) is 0 Å². The smallest absolute Gasteiger partial charge is 0.251 e. The average molecular weight is 364 g/mol. The number of hydrogen-bond donors (Lipinski definition) is 2. The monoisotopic (exact) mass is 364 g/mol. The molecule has 1 aromatic rings. The third-order valence-electron chi connectivity index (χ3n) is 6.13. The van der Waals surface area contributed by atoms with Crippen LogP contribution in [0, 0.1) is 17.8 Å². The molecule has 3 N–H and O–H groups in total. The average Bonchev–Trinajstić information content (AvgIpc) is 3.23. The van der Waals surface area contributed by atoms with Gasteiger partial charge in [0.2, 0.25) is 10.0 Å². The van der Waals surface area contributed by atoms with E-state index in [1.165, 1.54) is 49.9 Å². The van der Waals surface area contributed by atoms with Crippen LogP contribution in [-0.4, -0.2) is 33.1 Å². The predicted molar refractivity (Wildman–Crippen MR) is 92.4 cm³/mol. The lowest BCUT2D eigenvalue weighted by atomic mass is 9.61. The van der Waals surface area contributed by atoms with Crippen LogP contribution in [0.15, 0.2) is 29.2 Å². The van der Waals surface area contributed by atoms with Crippen LogP contribution < -0.4 is 10.5 Å². The minimum absolute atomic E-state index is 0.0146. The zero-order valence-corrected chi connectivity index (χ0v) is 14.9. The molecule has 3 fully saturated rings. The Morgan fingerprint density at radius 3 is 2.44 bits per heavy atom. The van der Waals surface area contributed by atoms with Crippen LogP contribution in [0.25, 0.3) is 0 Å². The van der Waals surface area contributed by atoms with E-state index in [-0.39, 0.29) is 16.8 Å². The summed E-state index contributed by atoms with van der Waals surface area (Å²) in [5.41, 5.74) is 0.458. The Morgan fingerprint density at radius 1 is 1.12 bits per heavy atom. The first-order valence-electron chi connectivity index (χ1n) is 9.00. The lowest BCUT2D eigenvalue weighted by Crippen LogP contribution is -2.63. The summed E-state index contributed by atoms with van der Waals surface area (Å²) in [6, 6.07) is 5.95. The van der Waals surface area contributed by atoms with Crippen LogP contribution in [0.4, 0.5) is 0 Å². The van der Waals surface area contributed by atoms with E-state index in [1.807, 2.05) is 0 Å². The Kier molecular flexibility index (Phi) is 4.33. The number of primary sulfonamides is 1. The molecule has 1 heterocycles. The van der Waals surface area contributed by atoms with Gasteiger partial charge >= 0.3 is 0 Å². The van der Waals surface area contributed by atoms with Gasteiger partial charge < -0.3 is 10.1 Å². The molecule has 4 rings (SSSR count). The highest BCUT2D eigenvalue weighted by molar-refractivity contribution is 7.89. The number of amides is 1. The zero-order valence-electron chi connectivity index (χ0n) is 14.1. The first-order valence-corrected chi connectivity index (χ1v) is 10.5. The first-order chi connectivity index (χ1) is 11.9. The van der Waals surface area contributed by atoms with E-state index in [2.05, 4.69) is 5.32 Å².